The second-order valence-electron chi connectivity index (χ2n) is 7.06. The normalized spacial score (nSPS) is 17.1. The third kappa shape index (κ3) is 3.10. The summed E-state index contributed by atoms with van der Waals surface area (Å²) in [6.45, 7) is 0.749. The highest BCUT2D eigenvalue weighted by Gasteiger charge is 2.31. The molecule has 0 radical (unpaired) electrons. The van der Waals surface area contributed by atoms with Gasteiger partial charge in [0.2, 0.25) is 0 Å². The molecule has 5 rings (SSSR count). The number of piperidine rings is 1. The van der Waals surface area contributed by atoms with Gasteiger partial charge in [-0.15, -0.1) is 11.3 Å². The van der Waals surface area contributed by atoms with Crippen molar-refractivity contribution in [3.05, 3.63) is 71.4 Å². The zero-order valence-corrected chi connectivity index (χ0v) is 16.2. The highest BCUT2D eigenvalue weighted by Crippen LogP contribution is 2.36. The average molecular weight is 388 g/mol. The van der Waals surface area contributed by atoms with E-state index >= 15 is 0 Å². The molecule has 6 heteroatoms. The minimum atomic E-state index is -0.00126. The number of fused-ring (bicyclic) bond motifs is 1. The SMILES string of the molecule is O=C(c1cc(-c2ccccc2)n[nH]1)N1CCCC[C@H]1c1nc2ccccc2s1. The average Bonchev–Trinajstić information content (AvgIpc) is 3.41. The van der Waals surface area contributed by atoms with Crippen LogP contribution in [0, 0.1) is 0 Å². The van der Waals surface area contributed by atoms with E-state index in [1.54, 1.807) is 11.3 Å². The van der Waals surface area contributed by atoms with Crippen molar-refractivity contribution in [2.75, 3.05) is 6.54 Å². The number of nitrogens with zero attached hydrogens (tertiary/aromatic N) is 3. The largest absolute Gasteiger partial charge is 0.328 e. The van der Waals surface area contributed by atoms with Crippen molar-refractivity contribution in [3.8, 4) is 11.3 Å². The Morgan fingerprint density at radius 3 is 2.75 bits per heavy atom. The van der Waals surface area contributed by atoms with Gasteiger partial charge in [0.05, 0.1) is 22.0 Å². The molecule has 28 heavy (non-hydrogen) atoms. The van der Waals surface area contributed by atoms with Gasteiger partial charge in [0.1, 0.15) is 10.7 Å². The van der Waals surface area contributed by atoms with Crippen LogP contribution in [0.1, 0.15) is 40.8 Å². The number of thiazole rings is 1. The number of aromatic amines is 1. The Balaban J connectivity index is 1.45. The Bertz CT molecular complexity index is 1080. The van der Waals surface area contributed by atoms with Gasteiger partial charge in [0.15, 0.2) is 0 Å². The number of hydrogen-bond donors (Lipinski definition) is 1. The molecule has 4 aromatic rings. The Morgan fingerprint density at radius 2 is 1.89 bits per heavy atom. The molecule has 2 aromatic heterocycles. The van der Waals surface area contributed by atoms with Crippen molar-refractivity contribution in [2.45, 2.75) is 25.3 Å². The van der Waals surface area contributed by atoms with Crippen LogP contribution in [0.15, 0.2) is 60.7 Å². The number of benzene rings is 2. The van der Waals surface area contributed by atoms with Gasteiger partial charge in [-0.25, -0.2) is 4.98 Å². The van der Waals surface area contributed by atoms with Gasteiger partial charge >= 0.3 is 0 Å². The summed E-state index contributed by atoms with van der Waals surface area (Å²) in [5.74, 6) is -0.00126. The number of nitrogens with one attached hydrogen (secondary N) is 1. The fraction of sp³-hybridized carbons (Fsp3) is 0.227. The van der Waals surface area contributed by atoms with Gasteiger partial charge in [-0.05, 0) is 37.5 Å². The molecule has 0 spiro atoms. The number of aromatic nitrogens is 3. The highest BCUT2D eigenvalue weighted by molar-refractivity contribution is 7.18. The summed E-state index contributed by atoms with van der Waals surface area (Å²) >= 11 is 1.69. The smallest absolute Gasteiger partial charge is 0.272 e. The topological polar surface area (TPSA) is 61.9 Å². The lowest BCUT2D eigenvalue weighted by Gasteiger charge is -2.34. The molecular formula is C22H20N4OS. The first-order valence-corrected chi connectivity index (χ1v) is 10.4. The molecule has 1 N–H and O–H groups in total. The van der Waals surface area contributed by atoms with E-state index in [-0.39, 0.29) is 11.9 Å². The molecule has 2 aromatic carbocycles. The molecule has 1 amide bonds. The molecule has 140 valence electrons. The number of carbonyl (C=O) groups excluding carboxylic acids is 1. The summed E-state index contributed by atoms with van der Waals surface area (Å²) in [7, 11) is 0. The van der Waals surface area contributed by atoms with Crippen LogP contribution in [0.3, 0.4) is 0 Å². The second-order valence-corrected chi connectivity index (χ2v) is 8.13. The molecule has 1 aliphatic heterocycles. The highest BCUT2D eigenvalue weighted by atomic mass is 32.1. The Morgan fingerprint density at radius 1 is 1.07 bits per heavy atom. The van der Waals surface area contributed by atoms with Crippen molar-refractivity contribution in [2.24, 2.45) is 0 Å². The number of likely N-dealkylation sites (tertiary alicyclic amines) is 1. The van der Waals surface area contributed by atoms with E-state index in [0.717, 1.165) is 47.6 Å². The summed E-state index contributed by atoms with van der Waals surface area (Å²) in [5, 5.41) is 8.32. The maximum absolute atomic E-state index is 13.3. The summed E-state index contributed by atoms with van der Waals surface area (Å²) in [6, 6.07) is 19.9. The maximum atomic E-state index is 13.3. The predicted molar refractivity (Wildman–Crippen MR) is 111 cm³/mol. The first-order valence-electron chi connectivity index (χ1n) is 9.57. The van der Waals surface area contributed by atoms with Crippen molar-refractivity contribution in [1.82, 2.24) is 20.1 Å². The molecule has 0 unspecified atom stereocenters. The third-order valence-electron chi connectivity index (χ3n) is 5.24. The first kappa shape index (κ1) is 17.1. The number of rotatable bonds is 3. The maximum Gasteiger partial charge on any atom is 0.272 e. The Labute approximate surface area is 167 Å². The van der Waals surface area contributed by atoms with Crippen LogP contribution < -0.4 is 0 Å². The van der Waals surface area contributed by atoms with E-state index in [0.29, 0.717) is 5.69 Å². The zero-order chi connectivity index (χ0) is 18.9. The van der Waals surface area contributed by atoms with Gasteiger partial charge in [-0.3, -0.25) is 9.89 Å². The van der Waals surface area contributed by atoms with Gasteiger partial charge in [-0.2, -0.15) is 5.10 Å². The molecule has 1 atom stereocenters. The van der Waals surface area contributed by atoms with Crippen LogP contribution >= 0.6 is 11.3 Å². The molecule has 5 nitrogen and oxygen atoms in total. The lowest BCUT2D eigenvalue weighted by molar-refractivity contribution is 0.0605. The molecule has 3 heterocycles. The summed E-state index contributed by atoms with van der Waals surface area (Å²) in [6.07, 6.45) is 3.08. The second kappa shape index (κ2) is 7.20. The van der Waals surface area contributed by atoms with Crippen LogP contribution in [0.4, 0.5) is 0 Å². The number of carbonyl (C=O) groups is 1. The molecule has 1 aliphatic rings. The number of hydrogen-bond acceptors (Lipinski definition) is 4. The van der Waals surface area contributed by atoms with E-state index in [1.807, 2.05) is 59.5 Å². The van der Waals surface area contributed by atoms with Gasteiger partial charge in [-0.1, -0.05) is 42.5 Å². The van der Waals surface area contributed by atoms with E-state index in [1.165, 1.54) is 4.70 Å². The van der Waals surface area contributed by atoms with Crippen LogP contribution in [0.2, 0.25) is 0 Å². The molecular weight excluding hydrogens is 368 g/mol. The summed E-state index contributed by atoms with van der Waals surface area (Å²) in [5.41, 5.74) is 3.33. The van der Waals surface area contributed by atoms with Crippen molar-refractivity contribution in [3.63, 3.8) is 0 Å². The number of amides is 1. The number of H-pyrrole nitrogens is 1. The standard InChI is InChI=1S/C22H20N4OS/c27-22(18-14-17(24-25-18)15-8-2-1-3-9-15)26-13-7-6-11-19(26)21-23-16-10-4-5-12-20(16)28-21/h1-5,8-10,12,14,19H,6-7,11,13H2,(H,24,25)/t19-/m0/s1. The Hall–Kier alpha value is -2.99. The summed E-state index contributed by atoms with van der Waals surface area (Å²) in [4.78, 5) is 20.1. The minimum Gasteiger partial charge on any atom is -0.328 e. The Kier molecular flexibility index (Phi) is 4.41. The van der Waals surface area contributed by atoms with E-state index in [4.69, 9.17) is 4.98 Å². The van der Waals surface area contributed by atoms with Crippen LogP contribution in [-0.2, 0) is 0 Å². The monoisotopic (exact) mass is 388 g/mol. The number of para-hydroxylation sites is 1. The van der Waals surface area contributed by atoms with Crippen LogP contribution in [0.25, 0.3) is 21.5 Å². The van der Waals surface area contributed by atoms with Crippen LogP contribution in [0.5, 0.6) is 0 Å². The fourth-order valence-electron chi connectivity index (χ4n) is 3.81. The summed E-state index contributed by atoms with van der Waals surface area (Å²) < 4.78 is 1.17. The van der Waals surface area contributed by atoms with Gasteiger partial charge in [0.25, 0.3) is 5.91 Å². The minimum absolute atomic E-state index is 0.00126. The van der Waals surface area contributed by atoms with Crippen molar-refractivity contribution in [1.29, 1.82) is 0 Å². The molecule has 0 saturated carbocycles. The first-order chi connectivity index (χ1) is 13.8. The molecule has 0 aliphatic carbocycles. The van der Waals surface area contributed by atoms with E-state index in [9.17, 15) is 4.79 Å². The lowest BCUT2D eigenvalue weighted by atomic mass is 10.0. The molecule has 1 saturated heterocycles. The van der Waals surface area contributed by atoms with Crippen molar-refractivity contribution >= 4 is 27.5 Å². The predicted octanol–water partition coefficient (Wildman–Crippen LogP) is 5.05. The lowest BCUT2D eigenvalue weighted by Crippen LogP contribution is -2.38. The third-order valence-corrected chi connectivity index (χ3v) is 6.37. The quantitative estimate of drug-likeness (QED) is 0.534. The van der Waals surface area contributed by atoms with Crippen molar-refractivity contribution < 1.29 is 4.79 Å². The van der Waals surface area contributed by atoms with Crippen LogP contribution in [-0.4, -0.2) is 32.5 Å². The van der Waals surface area contributed by atoms with E-state index < -0.39 is 0 Å². The zero-order valence-electron chi connectivity index (χ0n) is 15.3. The van der Waals surface area contributed by atoms with E-state index in [2.05, 4.69) is 16.3 Å². The fourth-order valence-corrected chi connectivity index (χ4v) is 4.92. The van der Waals surface area contributed by atoms with Gasteiger partial charge < -0.3 is 4.90 Å². The molecule has 1 fully saturated rings. The molecule has 0 bridgehead atoms. The van der Waals surface area contributed by atoms with Gasteiger partial charge in [0, 0.05) is 12.1 Å².